The fraction of sp³-hybridized carbons (Fsp3) is 0.667. The molecule has 0 aliphatic heterocycles. The van der Waals surface area contributed by atoms with Gasteiger partial charge in [0.25, 0.3) is 5.56 Å². The molecule has 7 heteroatoms. The van der Waals surface area contributed by atoms with Crippen LogP contribution in [-0.2, 0) is 6.54 Å². The molecule has 6 nitrogen and oxygen atoms in total. The number of hydrogen-bond acceptors (Lipinski definition) is 5. The van der Waals surface area contributed by atoms with Crippen molar-refractivity contribution in [1.29, 1.82) is 0 Å². The third-order valence-electron chi connectivity index (χ3n) is 2.88. The monoisotopic (exact) mass is 286 g/mol. The molecular formula is C12H22N4O2S. The summed E-state index contributed by atoms with van der Waals surface area (Å²) in [5, 5.41) is 3.02. The lowest BCUT2D eigenvalue weighted by molar-refractivity contribution is 0.703. The standard InChI is InChI=1S/C12H22N4O2S/c1-3-16-10(13)9(11(17)15-12(16)18)14-7-5-4-6-8-19-2/h14H,3-8,13H2,1-2H3,(H,15,17,18). The molecular weight excluding hydrogens is 264 g/mol. The first-order valence-corrected chi connectivity index (χ1v) is 7.86. The van der Waals surface area contributed by atoms with Crippen LogP contribution in [-0.4, -0.2) is 28.1 Å². The van der Waals surface area contributed by atoms with Crippen LogP contribution in [0.4, 0.5) is 11.5 Å². The van der Waals surface area contributed by atoms with Gasteiger partial charge in [0.15, 0.2) is 0 Å². The van der Waals surface area contributed by atoms with Gasteiger partial charge in [-0.1, -0.05) is 6.42 Å². The van der Waals surface area contributed by atoms with Crippen molar-refractivity contribution in [3.8, 4) is 0 Å². The van der Waals surface area contributed by atoms with E-state index in [4.69, 9.17) is 5.73 Å². The average molecular weight is 286 g/mol. The predicted molar refractivity (Wildman–Crippen MR) is 82.1 cm³/mol. The minimum absolute atomic E-state index is 0.209. The van der Waals surface area contributed by atoms with Gasteiger partial charge in [-0.2, -0.15) is 11.8 Å². The van der Waals surface area contributed by atoms with E-state index in [2.05, 4.69) is 16.6 Å². The summed E-state index contributed by atoms with van der Waals surface area (Å²) in [6.07, 6.45) is 5.35. The van der Waals surface area contributed by atoms with Crippen molar-refractivity contribution in [2.45, 2.75) is 32.7 Å². The Morgan fingerprint density at radius 1 is 1.32 bits per heavy atom. The van der Waals surface area contributed by atoms with E-state index in [9.17, 15) is 9.59 Å². The van der Waals surface area contributed by atoms with E-state index in [0.29, 0.717) is 18.8 Å². The number of aromatic nitrogens is 2. The van der Waals surface area contributed by atoms with E-state index >= 15 is 0 Å². The number of nitrogens with two attached hydrogens (primary N) is 1. The molecule has 0 aromatic carbocycles. The third kappa shape index (κ3) is 4.34. The molecule has 1 aromatic heterocycles. The number of hydrogen-bond donors (Lipinski definition) is 3. The highest BCUT2D eigenvalue weighted by atomic mass is 32.2. The molecule has 108 valence electrons. The van der Waals surface area contributed by atoms with E-state index < -0.39 is 11.2 Å². The molecule has 0 atom stereocenters. The fourth-order valence-electron chi connectivity index (χ4n) is 1.83. The lowest BCUT2D eigenvalue weighted by atomic mass is 10.2. The van der Waals surface area contributed by atoms with Crippen LogP contribution in [0.25, 0.3) is 0 Å². The van der Waals surface area contributed by atoms with Crippen LogP contribution in [0.3, 0.4) is 0 Å². The summed E-state index contributed by atoms with van der Waals surface area (Å²) < 4.78 is 1.34. The molecule has 0 amide bonds. The van der Waals surface area contributed by atoms with E-state index in [0.717, 1.165) is 18.6 Å². The van der Waals surface area contributed by atoms with E-state index in [-0.39, 0.29) is 5.82 Å². The van der Waals surface area contributed by atoms with E-state index in [1.54, 1.807) is 0 Å². The van der Waals surface area contributed by atoms with Gasteiger partial charge in [0, 0.05) is 13.1 Å². The molecule has 0 unspecified atom stereocenters. The first kappa shape index (κ1) is 15.7. The maximum Gasteiger partial charge on any atom is 0.330 e. The molecule has 0 aliphatic rings. The Labute approximate surface area is 116 Å². The summed E-state index contributed by atoms with van der Waals surface area (Å²) in [5.41, 5.74) is 5.22. The number of thioether (sulfide) groups is 1. The van der Waals surface area contributed by atoms with Crippen molar-refractivity contribution < 1.29 is 0 Å². The molecule has 0 aliphatic carbocycles. The van der Waals surface area contributed by atoms with Gasteiger partial charge in [-0.15, -0.1) is 0 Å². The molecule has 19 heavy (non-hydrogen) atoms. The maximum atomic E-state index is 11.7. The second-order valence-electron chi connectivity index (χ2n) is 4.24. The Bertz CT molecular complexity index is 509. The van der Waals surface area contributed by atoms with Gasteiger partial charge in [0.2, 0.25) is 0 Å². The van der Waals surface area contributed by atoms with Crippen molar-refractivity contribution in [1.82, 2.24) is 9.55 Å². The number of nitrogens with one attached hydrogen (secondary N) is 2. The molecule has 4 N–H and O–H groups in total. The maximum absolute atomic E-state index is 11.7. The van der Waals surface area contributed by atoms with Gasteiger partial charge >= 0.3 is 5.69 Å². The normalized spacial score (nSPS) is 10.6. The number of rotatable bonds is 8. The highest BCUT2D eigenvalue weighted by Gasteiger charge is 2.10. The highest BCUT2D eigenvalue weighted by molar-refractivity contribution is 7.98. The fourth-order valence-corrected chi connectivity index (χ4v) is 2.33. The zero-order valence-electron chi connectivity index (χ0n) is 11.5. The summed E-state index contributed by atoms with van der Waals surface area (Å²) in [6.45, 7) is 2.93. The predicted octanol–water partition coefficient (Wildman–Crippen LogP) is 1.08. The quantitative estimate of drug-likeness (QED) is 0.622. The van der Waals surface area contributed by atoms with Crippen LogP contribution in [0.15, 0.2) is 9.59 Å². The van der Waals surface area contributed by atoms with Crippen LogP contribution >= 0.6 is 11.8 Å². The molecule has 0 spiro atoms. The summed E-state index contributed by atoms with van der Waals surface area (Å²) in [4.78, 5) is 25.4. The number of unbranched alkanes of at least 4 members (excludes halogenated alkanes) is 2. The number of nitrogen functional groups attached to an aromatic ring is 1. The van der Waals surface area contributed by atoms with Gasteiger partial charge in [0.05, 0.1) is 0 Å². The molecule has 0 fully saturated rings. The summed E-state index contributed by atoms with van der Waals surface area (Å²) in [5.74, 6) is 1.36. The molecule has 0 bridgehead atoms. The number of anilines is 2. The van der Waals surface area contributed by atoms with E-state index in [1.165, 1.54) is 11.0 Å². The lowest BCUT2D eigenvalue weighted by Gasteiger charge is -2.12. The third-order valence-corrected chi connectivity index (χ3v) is 3.58. The summed E-state index contributed by atoms with van der Waals surface area (Å²) in [7, 11) is 0. The van der Waals surface area contributed by atoms with Gasteiger partial charge in [-0.25, -0.2) is 4.79 Å². The lowest BCUT2D eigenvalue weighted by Crippen LogP contribution is -2.33. The molecule has 1 aromatic rings. The van der Waals surface area contributed by atoms with Gasteiger partial charge in [-0.3, -0.25) is 14.3 Å². The van der Waals surface area contributed by atoms with Crippen molar-refractivity contribution in [2.24, 2.45) is 0 Å². The van der Waals surface area contributed by atoms with Crippen molar-refractivity contribution >= 4 is 23.3 Å². The minimum Gasteiger partial charge on any atom is -0.383 e. The molecule has 0 saturated carbocycles. The van der Waals surface area contributed by atoms with Gasteiger partial charge in [0.1, 0.15) is 11.5 Å². The second kappa shape index (κ2) is 7.93. The Morgan fingerprint density at radius 3 is 2.68 bits per heavy atom. The first-order valence-electron chi connectivity index (χ1n) is 6.47. The largest absolute Gasteiger partial charge is 0.383 e. The topological polar surface area (TPSA) is 92.9 Å². The first-order chi connectivity index (χ1) is 9.11. The van der Waals surface area contributed by atoms with Gasteiger partial charge < -0.3 is 11.1 Å². The number of aromatic amines is 1. The van der Waals surface area contributed by atoms with Crippen molar-refractivity contribution in [2.75, 3.05) is 29.6 Å². The average Bonchev–Trinajstić information content (AvgIpc) is 2.37. The minimum atomic E-state index is -0.462. The Kier molecular flexibility index (Phi) is 6.55. The van der Waals surface area contributed by atoms with Crippen molar-refractivity contribution in [3.05, 3.63) is 20.8 Å². The van der Waals surface area contributed by atoms with Gasteiger partial charge in [-0.05, 0) is 31.8 Å². The van der Waals surface area contributed by atoms with Crippen LogP contribution in [0.5, 0.6) is 0 Å². The molecule has 1 heterocycles. The Balaban J connectivity index is 2.64. The zero-order chi connectivity index (χ0) is 14.3. The Hall–Kier alpha value is -1.37. The summed E-state index contributed by atoms with van der Waals surface area (Å²) >= 11 is 1.83. The van der Waals surface area contributed by atoms with Crippen LogP contribution in [0.1, 0.15) is 26.2 Å². The SMILES string of the molecule is CCn1c(N)c(NCCCCCSC)c(=O)[nH]c1=O. The summed E-state index contributed by atoms with van der Waals surface area (Å²) in [6, 6.07) is 0. The van der Waals surface area contributed by atoms with Crippen LogP contribution < -0.4 is 22.3 Å². The number of H-pyrrole nitrogens is 1. The van der Waals surface area contributed by atoms with Crippen LogP contribution in [0, 0.1) is 0 Å². The molecule has 0 radical (unpaired) electrons. The molecule has 0 saturated heterocycles. The smallest absolute Gasteiger partial charge is 0.330 e. The van der Waals surface area contributed by atoms with Crippen molar-refractivity contribution in [3.63, 3.8) is 0 Å². The number of nitrogens with zero attached hydrogens (tertiary/aromatic N) is 1. The molecule has 1 rings (SSSR count). The van der Waals surface area contributed by atoms with Crippen LogP contribution in [0.2, 0.25) is 0 Å². The Morgan fingerprint density at radius 2 is 2.05 bits per heavy atom. The van der Waals surface area contributed by atoms with E-state index in [1.807, 2.05) is 18.7 Å². The zero-order valence-corrected chi connectivity index (χ0v) is 12.3. The highest BCUT2D eigenvalue weighted by Crippen LogP contribution is 2.10. The second-order valence-corrected chi connectivity index (χ2v) is 5.23.